The molecule has 2 rings (SSSR count). The van der Waals surface area contributed by atoms with Gasteiger partial charge in [-0.3, -0.25) is 4.79 Å². The number of benzene rings is 1. The molecule has 0 spiro atoms. The first-order valence-electron chi connectivity index (χ1n) is 6.29. The molecule has 0 aliphatic carbocycles. The van der Waals surface area contributed by atoms with Gasteiger partial charge in [0.05, 0.1) is 12.3 Å². The summed E-state index contributed by atoms with van der Waals surface area (Å²) in [6, 6.07) is 9.38. The summed E-state index contributed by atoms with van der Waals surface area (Å²) in [5, 5.41) is 0. The lowest BCUT2D eigenvalue weighted by molar-refractivity contribution is 0.185. The van der Waals surface area contributed by atoms with Crippen molar-refractivity contribution in [1.82, 2.24) is 9.97 Å². The highest BCUT2D eigenvalue weighted by Gasteiger charge is 2.07. The zero-order valence-electron chi connectivity index (χ0n) is 11.4. The number of nitrogens with one attached hydrogen (secondary N) is 1. The van der Waals surface area contributed by atoms with Gasteiger partial charge in [-0.05, 0) is 17.5 Å². The maximum atomic E-state index is 11.7. The van der Waals surface area contributed by atoms with Gasteiger partial charge in [0.2, 0.25) is 0 Å². The van der Waals surface area contributed by atoms with E-state index in [1.54, 1.807) is 13.2 Å². The first-order valence-corrected chi connectivity index (χ1v) is 6.29. The molecule has 4 nitrogen and oxygen atoms in total. The topological polar surface area (TPSA) is 55.0 Å². The van der Waals surface area contributed by atoms with Gasteiger partial charge >= 0.3 is 0 Å². The van der Waals surface area contributed by atoms with E-state index in [9.17, 15) is 4.79 Å². The largest absolute Gasteiger partial charge is 0.380 e. The Balaban J connectivity index is 2.46. The van der Waals surface area contributed by atoms with E-state index in [0.717, 1.165) is 16.8 Å². The second kappa shape index (κ2) is 5.80. The molecule has 4 heteroatoms. The molecule has 1 aromatic carbocycles. The van der Waals surface area contributed by atoms with Crippen LogP contribution in [0.3, 0.4) is 0 Å². The fraction of sp³-hybridized carbons (Fsp3) is 0.333. The van der Waals surface area contributed by atoms with Crippen LogP contribution in [0.1, 0.15) is 31.0 Å². The molecule has 0 saturated heterocycles. The Hall–Kier alpha value is -1.94. The summed E-state index contributed by atoms with van der Waals surface area (Å²) in [6.45, 7) is 4.59. The molecule has 0 amide bonds. The fourth-order valence-electron chi connectivity index (χ4n) is 1.88. The SMILES string of the molecule is COCc1cccc(-c2nc(C(C)C)cc(=O)[nH]2)c1. The number of rotatable bonds is 4. The van der Waals surface area contributed by atoms with Crippen LogP contribution >= 0.6 is 0 Å². The number of H-pyrrole nitrogens is 1. The van der Waals surface area contributed by atoms with Crippen molar-refractivity contribution in [3.8, 4) is 11.4 Å². The molecule has 19 heavy (non-hydrogen) atoms. The predicted molar refractivity (Wildman–Crippen MR) is 75.1 cm³/mol. The first kappa shape index (κ1) is 13.5. The maximum absolute atomic E-state index is 11.7. The highest BCUT2D eigenvalue weighted by atomic mass is 16.5. The van der Waals surface area contributed by atoms with Crippen LogP contribution in [-0.2, 0) is 11.3 Å². The lowest BCUT2D eigenvalue weighted by atomic mass is 10.1. The molecule has 0 aliphatic rings. The van der Waals surface area contributed by atoms with Crippen LogP contribution in [0.5, 0.6) is 0 Å². The Kier molecular flexibility index (Phi) is 4.12. The number of ether oxygens (including phenoxy) is 1. The minimum atomic E-state index is -0.120. The molecule has 0 saturated carbocycles. The van der Waals surface area contributed by atoms with Gasteiger partial charge in [0.1, 0.15) is 5.82 Å². The van der Waals surface area contributed by atoms with E-state index in [1.165, 1.54) is 0 Å². The molecule has 0 fully saturated rings. The van der Waals surface area contributed by atoms with E-state index in [1.807, 2.05) is 38.1 Å². The summed E-state index contributed by atoms with van der Waals surface area (Å²) in [6.07, 6.45) is 0. The summed E-state index contributed by atoms with van der Waals surface area (Å²) in [5.74, 6) is 0.831. The molecule has 2 aromatic rings. The Labute approximate surface area is 112 Å². The number of aromatic nitrogens is 2. The molecule has 1 aromatic heterocycles. The van der Waals surface area contributed by atoms with Gasteiger partial charge in [0, 0.05) is 18.7 Å². The average molecular weight is 258 g/mol. The quantitative estimate of drug-likeness (QED) is 0.917. The minimum Gasteiger partial charge on any atom is -0.380 e. The lowest BCUT2D eigenvalue weighted by Gasteiger charge is -2.08. The molecule has 0 aliphatic heterocycles. The average Bonchev–Trinajstić information content (AvgIpc) is 2.38. The van der Waals surface area contributed by atoms with Gasteiger partial charge in [-0.2, -0.15) is 0 Å². The number of hydrogen-bond donors (Lipinski definition) is 1. The van der Waals surface area contributed by atoms with Crippen LogP contribution in [0.4, 0.5) is 0 Å². The van der Waals surface area contributed by atoms with E-state index in [-0.39, 0.29) is 11.5 Å². The van der Waals surface area contributed by atoms with Crippen molar-refractivity contribution >= 4 is 0 Å². The summed E-state index contributed by atoms with van der Waals surface area (Å²) in [4.78, 5) is 19.0. The van der Waals surface area contributed by atoms with Crippen LogP contribution in [0.15, 0.2) is 35.1 Å². The van der Waals surface area contributed by atoms with E-state index in [0.29, 0.717) is 12.4 Å². The standard InChI is InChI=1S/C15H18N2O2/c1-10(2)13-8-14(18)17-15(16-13)12-6-4-5-11(7-12)9-19-3/h4-8,10H,9H2,1-3H3,(H,16,17,18). The van der Waals surface area contributed by atoms with Crippen LogP contribution in [-0.4, -0.2) is 17.1 Å². The highest BCUT2D eigenvalue weighted by Crippen LogP contribution is 2.18. The van der Waals surface area contributed by atoms with Crippen molar-refractivity contribution in [2.24, 2.45) is 0 Å². The van der Waals surface area contributed by atoms with Crippen LogP contribution < -0.4 is 5.56 Å². The Morgan fingerprint density at radius 2 is 2.11 bits per heavy atom. The normalized spacial score (nSPS) is 10.9. The Morgan fingerprint density at radius 3 is 2.79 bits per heavy atom. The molecule has 0 unspecified atom stereocenters. The van der Waals surface area contributed by atoms with Gasteiger partial charge in [-0.1, -0.05) is 32.0 Å². The Morgan fingerprint density at radius 1 is 1.32 bits per heavy atom. The van der Waals surface area contributed by atoms with Gasteiger partial charge in [0.15, 0.2) is 0 Å². The van der Waals surface area contributed by atoms with Crippen LogP contribution in [0.2, 0.25) is 0 Å². The van der Waals surface area contributed by atoms with E-state index in [2.05, 4.69) is 9.97 Å². The van der Waals surface area contributed by atoms with Crippen LogP contribution in [0.25, 0.3) is 11.4 Å². The van der Waals surface area contributed by atoms with Crippen molar-refractivity contribution in [3.63, 3.8) is 0 Å². The third-order valence-corrected chi connectivity index (χ3v) is 2.86. The van der Waals surface area contributed by atoms with E-state index < -0.39 is 0 Å². The second-order valence-electron chi connectivity index (χ2n) is 4.81. The number of hydrogen-bond acceptors (Lipinski definition) is 3. The minimum absolute atomic E-state index is 0.120. The molecule has 0 atom stereocenters. The summed E-state index contributed by atoms with van der Waals surface area (Å²) < 4.78 is 5.11. The molecule has 1 N–H and O–H groups in total. The summed E-state index contributed by atoms with van der Waals surface area (Å²) >= 11 is 0. The summed E-state index contributed by atoms with van der Waals surface area (Å²) in [5.41, 5.74) is 2.63. The molecular formula is C15H18N2O2. The lowest BCUT2D eigenvalue weighted by Crippen LogP contribution is -2.11. The van der Waals surface area contributed by atoms with Crippen molar-refractivity contribution in [1.29, 1.82) is 0 Å². The third kappa shape index (κ3) is 3.29. The number of aromatic amines is 1. The maximum Gasteiger partial charge on any atom is 0.251 e. The van der Waals surface area contributed by atoms with Crippen molar-refractivity contribution in [2.75, 3.05) is 7.11 Å². The van der Waals surface area contributed by atoms with Crippen molar-refractivity contribution in [2.45, 2.75) is 26.4 Å². The highest BCUT2D eigenvalue weighted by molar-refractivity contribution is 5.56. The van der Waals surface area contributed by atoms with Crippen molar-refractivity contribution < 1.29 is 4.74 Å². The van der Waals surface area contributed by atoms with Crippen LogP contribution in [0, 0.1) is 0 Å². The molecule has 1 heterocycles. The monoisotopic (exact) mass is 258 g/mol. The first-order chi connectivity index (χ1) is 9.10. The van der Waals surface area contributed by atoms with Gasteiger partial charge in [-0.25, -0.2) is 4.98 Å². The van der Waals surface area contributed by atoms with Gasteiger partial charge in [-0.15, -0.1) is 0 Å². The number of methoxy groups -OCH3 is 1. The smallest absolute Gasteiger partial charge is 0.251 e. The zero-order valence-corrected chi connectivity index (χ0v) is 11.4. The zero-order chi connectivity index (χ0) is 13.8. The third-order valence-electron chi connectivity index (χ3n) is 2.86. The second-order valence-corrected chi connectivity index (χ2v) is 4.81. The molecule has 100 valence electrons. The summed E-state index contributed by atoms with van der Waals surface area (Å²) in [7, 11) is 1.66. The fourth-order valence-corrected chi connectivity index (χ4v) is 1.88. The molecular weight excluding hydrogens is 240 g/mol. The number of nitrogens with zero attached hydrogens (tertiary/aromatic N) is 1. The van der Waals surface area contributed by atoms with Crippen molar-refractivity contribution in [3.05, 3.63) is 51.9 Å². The van der Waals surface area contributed by atoms with Gasteiger partial charge < -0.3 is 9.72 Å². The van der Waals surface area contributed by atoms with Gasteiger partial charge in [0.25, 0.3) is 5.56 Å². The van der Waals surface area contributed by atoms with E-state index in [4.69, 9.17) is 4.74 Å². The molecule has 0 radical (unpaired) electrons. The predicted octanol–water partition coefficient (Wildman–Crippen LogP) is 2.71. The molecule has 0 bridgehead atoms. The Bertz CT molecular complexity index is 618. The van der Waals surface area contributed by atoms with E-state index >= 15 is 0 Å².